The molecule has 0 atom stereocenters. The smallest absolute Gasteiger partial charge is 0.409 e. The van der Waals surface area contributed by atoms with Crippen molar-refractivity contribution < 1.29 is 19.0 Å². The predicted molar refractivity (Wildman–Crippen MR) is 129 cm³/mol. The van der Waals surface area contributed by atoms with E-state index in [0.717, 1.165) is 43.3 Å². The second kappa shape index (κ2) is 15.1. The van der Waals surface area contributed by atoms with Gasteiger partial charge in [-0.3, -0.25) is 0 Å². The molecule has 30 heavy (non-hydrogen) atoms. The van der Waals surface area contributed by atoms with Gasteiger partial charge in [0, 0.05) is 52.9 Å². The second-order valence-corrected chi connectivity index (χ2v) is 6.69. The SMILES string of the molecule is CCNC(=NCc1cccc(OCCCOC)c1)N1CCN(C(=O)OCC)CC1.I. The molecule has 2 rings (SSSR count). The molecule has 1 aliphatic heterocycles. The van der Waals surface area contributed by atoms with Crippen LogP contribution in [0.25, 0.3) is 0 Å². The number of benzene rings is 1. The monoisotopic (exact) mass is 534 g/mol. The van der Waals surface area contributed by atoms with Crippen LogP contribution in [0.15, 0.2) is 29.3 Å². The first-order chi connectivity index (χ1) is 14.2. The molecule has 170 valence electrons. The van der Waals surface area contributed by atoms with Crippen molar-refractivity contribution in [3.05, 3.63) is 29.8 Å². The Morgan fingerprint density at radius 2 is 1.87 bits per heavy atom. The molecule has 0 spiro atoms. The van der Waals surface area contributed by atoms with Crippen LogP contribution in [0.4, 0.5) is 4.79 Å². The molecular formula is C21H35IN4O4. The maximum Gasteiger partial charge on any atom is 0.409 e. The van der Waals surface area contributed by atoms with Crippen LogP contribution in [0, 0.1) is 0 Å². The number of nitrogens with zero attached hydrogens (tertiary/aromatic N) is 3. The van der Waals surface area contributed by atoms with Gasteiger partial charge in [0.2, 0.25) is 0 Å². The van der Waals surface area contributed by atoms with E-state index in [1.54, 1.807) is 12.0 Å². The molecule has 1 N–H and O–H groups in total. The third-order valence-corrected chi connectivity index (χ3v) is 4.51. The van der Waals surface area contributed by atoms with Crippen molar-refractivity contribution in [2.24, 2.45) is 4.99 Å². The summed E-state index contributed by atoms with van der Waals surface area (Å²) in [7, 11) is 1.69. The molecule has 0 saturated carbocycles. The summed E-state index contributed by atoms with van der Waals surface area (Å²) < 4.78 is 15.9. The van der Waals surface area contributed by atoms with Crippen LogP contribution in [0.5, 0.6) is 5.75 Å². The van der Waals surface area contributed by atoms with Crippen LogP contribution in [-0.4, -0.2) is 81.5 Å². The van der Waals surface area contributed by atoms with E-state index in [-0.39, 0.29) is 30.1 Å². The van der Waals surface area contributed by atoms with Crippen LogP contribution in [-0.2, 0) is 16.0 Å². The molecule has 0 aromatic heterocycles. The Labute approximate surface area is 197 Å². The van der Waals surface area contributed by atoms with Gasteiger partial charge >= 0.3 is 6.09 Å². The normalized spacial score (nSPS) is 14.2. The van der Waals surface area contributed by atoms with Crippen molar-refractivity contribution in [1.29, 1.82) is 0 Å². The standard InChI is InChI=1S/C21H34N4O4.HI/c1-4-22-20(24-10-12-25(13-11-24)21(26)28-5-2)23-17-18-8-6-9-19(16-18)29-15-7-14-27-3;/h6,8-9,16H,4-5,7,10-15,17H2,1-3H3,(H,22,23);1H. The summed E-state index contributed by atoms with van der Waals surface area (Å²) in [6.45, 7) is 9.69. The number of amides is 1. The maximum absolute atomic E-state index is 11.9. The summed E-state index contributed by atoms with van der Waals surface area (Å²) >= 11 is 0. The molecule has 9 heteroatoms. The number of hydrogen-bond acceptors (Lipinski definition) is 5. The Bertz CT molecular complexity index is 652. The number of piperazine rings is 1. The highest BCUT2D eigenvalue weighted by atomic mass is 127. The molecular weight excluding hydrogens is 499 g/mol. The van der Waals surface area contributed by atoms with Gasteiger partial charge in [-0.05, 0) is 31.5 Å². The molecule has 1 fully saturated rings. The van der Waals surface area contributed by atoms with Crippen LogP contribution in [0.3, 0.4) is 0 Å². The lowest BCUT2D eigenvalue weighted by atomic mass is 10.2. The van der Waals surface area contributed by atoms with Gasteiger partial charge in [-0.25, -0.2) is 9.79 Å². The zero-order valence-corrected chi connectivity index (χ0v) is 20.6. The molecule has 1 aliphatic rings. The molecule has 1 aromatic rings. The second-order valence-electron chi connectivity index (χ2n) is 6.69. The van der Waals surface area contributed by atoms with Gasteiger partial charge in [0.25, 0.3) is 0 Å². The van der Waals surface area contributed by atoms with Crippen LogP contribution < -0.4 is 10.1 Å². The summed E-state index contributed by atoms with van der Waals surface area (Å²) in [6, 6.07) is 8.02. The fourth-order valence-corrected chi connectivity index (χ4v) is 3.03. The van der Waals surface area contributed by atoms with Crippen molar-refractivity contribution in [3.8, 4) is 5.75 Å². The summed E-state index contributed by atoms with van der Waals surface area (Å²) in [5.74, 6) is 1.71. The van der Waals surface area contributed by atoms with Crippen LogP contribution in [0.2, 0.25) is 0 Å². The van der Waals surface area contributed by atoms with E-state index in [4.69, 9.17) is 19.2 Å². The van der Waals surface area contributed by atoms with E-state index in [0.29, 0.717) is 39.5 Å². The molecule has 1 aromatic carbocycles. The molecule has 0 radical (unpaired) electrons. The van der Waals surface area contributed by atoms with E-state index >= 15 is 0 Å². The number of aliphatic imine (C=N–C) groups is 1. The highest BCUT2D eigenvalue weighted by Gasteiger charge is 2.23. The first-order valence-electron chi connectivity index (χ1n) is 10.3. The quantitative estimate of drug-likeness (QED) is 0.227. The number of ether oxygens (including phenoxy) is 3. The largest absolute Gasteiger partial charge is 0.493 e. The van der Waals surface area contributed by atoms with Gasteiger partial charge in [0.15, 0.2) is 5.96 Å². The third kappa shape index (κ3) is 8.95. The van der Waals surface area contributed by atoms with Gasteiger partial charge in [-0.1, -0.05) is 12.1 Å². The Morgan fingerprint density at radius 3 is 2.53 bits per heavy atom. The van der Waals surface area contributed by atoms with E-state index < -0.39 is 0 Å². The van der Waals surface area contributed by atoms with Crippen molar-refractivity contribution in [2.75, 3.05) is 59.7 Å². The number of carbonyl (C=O) groups excluding carboxylic acids is 1. The van der Waals surface area contributed by atoms with Crippen molar-refractivity contribution in [1.82, 2.24) is 15.1 Å². The Kier molecular flexibility index (Phi) is 13.2. The minimum Gasteiger partial charge on any atom is -0.493 e. The summed E-state index contributed by atoms with van der Waals surface area (Å²) in [4.78, 5) is 20.6. The number of carbonyl (C=O) groups is 1. The maximum atomic E-state index is 11.9. The van der Waals surface area contributed by atoms with E-state index in [1.807, 2.05) is 31.2 Å². The van der Waals surface area contributed by atoms with Crippen molar-refractivity contribution in [3.63, 3.8) is 0 Å². The molecule has 0 unspecified atom stereocenters. The average molecular weight is 534 g/mol. The predicted octanol–water partition coefficient (Wildman–Crippen LogP) is 2.96. The van der Waals surface area contributed by atoms with Crippen LogP contribution >= 0.6 is 24.0 Å². The Balaban J connectivity index is 0.00000450. The highest BCUT2D eigenvalue weighted by molar-refractivity contribution is 14.0. The third-order valence-electron chi connectivity index (χ3n) is 4.51. The molecule has 0 bridgehead atoms. The molecule has 8 nitrogen and oxygen atoms in total. The van der Waals surface area contributed by atoms with Gasteiger partial charge in [-0.2, -0.15) is 0 Å². The first kappa shape index (κ1) is 26.3. The number of methoxy groups -OCH3 is 1. The average Bonchev–Trinajstić information content (AvgIpc) is 2.75. The number of rotatable bonds is 9. The lowest BCUT2D eigenvalue weighted by Gasteiger charge is -2.35. The van der Waals surface area contributed by atoms with E-state index in [2.05, 4.69) is 17.1 Å². The number of halogens is 1. The lowest BCUT2D eigenvalue weighted by molar-refractivity contribution is 0.0914. The summed E-state index contributed by atoms with van der Waals surface area (Å²) in [5, 5.41) is 3.35. The van der Waals surface area contributed by atoms with Crippen molar-refractivity contribution in [2.45, 2.75) is 26.8 Å². The zero-order valence-electron chi connectivity index (χ0n) is 18.3. The molecule has 1 amide bonds. The minimum absolute atomic E-state index is 0. The minimum atomic E-state index is -0.239. The van der Waals surface area contributed by atoms with Gasteiger partial charge < -0.3 is 29.3 Å². The summed E-state index contributed by atoms with van der Waals surface area (Å²) in [6.07, 6.45) is 0.623. The molecule has 0 aliphatic carbocycles. The fourth-order valence-electron chi connectivity index (χ4n) is 3.03. The van der Waals surface area contributed by atoms with Gasteiger partial charge in [0.05, 0.1) is 19.8 Å². The lowest BCUT2D eigenvalue weighted by Crippen LogP contribution is -2.53. The topological polar surface area (TPSA) is 75.6 Å². The van der Waals surface area contributed by atoms with Gasteiger partial charge in [-0.15, -0.1) is 24.0 Å². The number of hydrogen-bond donors (Lipinski definition) is 1. The first-order valence-corrected chi connectivity index (χ1v) is 10.3. The fraction of sp³-hybridized carbons (Fsp3) is 0.619. The zero-order chi connectivity index (χ0) is 20.9. The van der Waals surface area contributed by atoms with Gasteiger partial charge in [0.1, 0.15) is 5.75 Å². The van der Waals surface area contributed by atoms with E-state index in [9.17, 15) is 4.79 Å². The number of guanidine groups is 1. The molecule has 1 saturated heterocycles. The number of nitrogens with one attached hydrogen (secondary N) is 1. The molecule has 1 heterocycles. The van der Waals surface area contributed by atoms with Crippen LogP contribution in [0.1, 0.15) is 25.8 Å². The van der Waals surface area contributed by atoms with Crippen molar-refractivity contribution >= 4 is 36.0 Å². The Morgan fingerprint density at radius 1 is 1.13 bits per heavy atom. The highest BCUT2D eigenvalue weighted by Crippen LogP contribution is 2.15. The summed E-state index contributed by atoms with van der Waals surface area (Å²) in [5.41, 5.74) is 1.09. The Hall–Kier alpha value is -1.75. The van der Waals surface area contributed by atoms with E-state index in [1.165, 1.54) is 0 Å².